The fourth-order valence-electron chi connectivity index (χ4n) is 3.29. The van der Waals surface area contributed by atoms with Crippen molar-refractivity contribution in [1.82, 2.24) is 0 Å². The first-order valence-corrected chi connectivity index (χ1v) is 11.5. The summed E-state index contributed by atoms with van der Waals surface area (Å²) in [5, 5.41) is 0. The number of hydrogen-bond donors (Lipinski definition) is 0. The summed E-state index contributed by atoms with van der Waals surface area (Å²) in [5.74, 6) is 1.81. The largest absolute Gasteiger partial charge is 0.414 e. The van der Waals surface area contributed by atoms with E-state index >= 15 is 0 Å². The minimum Gasteiger partial charge on any atom is -0.414 e. The summed E-state index contributed by atoms with van der Waals surface area (Å²) in [6.07, 6.45) is 11.7. The third-order valence-electron chi connectivity index (χ3n) is 4.13. The van der Waals surface area contributed by atoms with E-state index in [0.717, 1.165) is 11.8 Å². The molecule has 1 fully saturated rings. The molecule has 0 heterocycles. The smallest absolute Gasteiger partial charge is 0.184 e. The molecule has 0 aromatic heterocycles. The lowest BCUT2D eigenvalue weighted by molar-refractivity contribution is 0.143. The Morgan fingerprint density at radius 1 is 0.944 bits per heavy atom. The molecule has 0 spiro atoms. The molecule has 0 bridgehead atoms. The Morgan fingerprint density at radius 2 is 1.56 bits per heavy atom. The van der Waals surface area contributed by atoms with E-state index in [0.29, 0.717) is 6.10 Å². The Bertz CT molecular complexity index is 222. The molecule has 1 aliphatic carbocycles. The molecule has 1 aliphatic rings. The van der Waals surface area contributed by atoms with Crippen LogP contribution in [0.25, 0.3) is 0 Å². The van der Waals surface area contributed by atoms with Crippen molar-refractivity contribution < 1.29 is 4.43 Å². The zero-order valence-corrected chi connectivity index (χ0v) is 14.3. The van der Waals surface area contributed by atoms with Gasteiger partial charge in [-0.3, -0.25) is 0 Å². The van der Waals surface area contributed by atoms with Crippen LogP contribution < -0.4 is 0 Å². The standard InChI is InChI=1S/C16H34OSi/c1-6-8-10-14-12-15(11-9-7-2)16(13-14)17-18(3,4)5/h14-16H,6-13H2,1-5H3. The molecule has 0 radical (unpaired) electrons. The Hall–Kier alpha value is 0.177. The molecule has 18 heavy (non-hydrogen) atoms. The molecule has 0 saturated heterocycles. The Kier molecular flexibility index (Phi) is 6.93. The lowest BCUT2D eigenvalue weighted by Crippen LogP contribution is -2.34. The predicted octanol–water partition coefficient (Wildman–Crippen LogP) is 5.61. The van der Waals surface area contributed by atoms with E-state index in [9.17, 15) is 0 Å². The van der Waals surface area contributed by atoms with Crippen LogP contribution in [0.5, 0.6) is 0 Å². The van der Waals surface area contributed by atoms with E-state index in [1.165, 1.54) is 51.4 Å². The minimum absolute atomic E-state index is 0.588. The van der Waals surface area contributed by atoms with Crippen molar-refractivity contribution in [3.05, 3.63) is 0 Å². The third-order valence-corrected chi connectivity index (χ3v) is 5.14. The van der Waals surface area contributed by atoms with Crippen LogP contribution in [0.2, 0.25) is 19.6 Å². The predicted molar refractivity (Wildman–Crippen MR) is 83.5 cm³/mol. The molecule has 0 N–H and O–H groups in total. The van der Waals surface area contributed by atoms with Gasteiger partial charge in [-0.15, -0.1) is 0 Å². The summed E-state index contributed by atoms with van der Waals surface area (Å²) in [4.78, 5) is 0. The van der Waals surface area contributed by atoms with E-state index in [-0.39, 0.29) is 0 Å². The Balaban J connectivity index is 2.48. The molecule has 1 saturated carbocycles. The summed E-state index contributed by atoms with van der Waals surface area (Å²) in [7, 11) is -1.36. The summed E-state index contributed by atoms with van der Waals surface area (Å²) in [6, 6.07) is 0. The second-order valence-electron chi connectivity index (χ2n) is 7.15. The Labute approximate surface area is 116 Å². The summed E-state index contributed by atoms with van der Waals surface area (Å²) in [6.45, 7) is 11.6. The van der Waals surface area contributed by atoms with Crippen LogP contribution in [0.1, 0.15) is 65.2 Å². The zero-order chi connectivity index (χ0) is 13.6. The highest BCUT2D eigenvalue weighted by atomic mass is 28.4. The van der Waals surface area contributed by atoms with E-state index in [4.69, 9.17) is 4.43 Å². The van der Waals surface area contributed by atoms with Crippen LogP contribution in [0, 0.1) is 11.8 Å². The topological polar surface area (TPSA) is 9.23 Å². The average Bonchev–Trinajstić information content (AvgIpc) is 2.63. The molecule has 0 aliphatic heterocycles. The van der Waals surface area contributed by atoms with E-state index in [2.05, 4.69) is 33.5 Å². The highest BCUT2D eigenvalue weighted by Crippen LogP contribution is 2.40. The quantitative estimate of drug-likeness (QED) is 0.521. The van der Waals surface area contributed by atoms with Crippen molar-refractivity contribution >= 4 is 8.32 Å². The first kappa shape index (κ1) is 16.2. The summed E-state index contributed by atoms with van der Waals surface area (Å²) < 4.78 is 6.46. The van der Waals surface area contributed by atoms with Crippen LogP contribution >= 0.6 is 0 Å². The Morgan fingerprint density at radius 3 is 2.11 bits per heavy atom. The van der Waals surface area contributed by atoms with Gasteiger partial charge in [0, 0.05) is 6.10 Å². The normalized spacial score (nSPS) is 28.8. The van der Waals surface area contributed by atoms with Gasteiger partial charge in [0.2, 0.25) is 0 Å². The lowest BCUT2D eigenvalue weighted by atomic mass is 9.96. The van der Waals surface area contributed by atoms with Gasteiger partial charge in [-0.25, -0.2) is 0 Å². The number of hydrogen-bond acceptors (Lipinski definition) is 1. The van der Waals surface area contributed by atoms with Gasteiger partial charge in [-0.1, -0.05) is 46.0 Å². The maximum Gasteiger partial charge on any atom is 0.184 e. The van der Waals surface area contributed by atoms with Gasteiger partial charge in [0.25, 0.3) is 0 Å². The van der Waals surface area contributed by atoms with Crippen molar-refractivity contribution in [2.75, 3.05) is 0 Å². The second kappa shape index (κ2) is 7.69. The highest BCUT2D eigenvalue weighted by Gasteiger charge is 2.36. The van der Waals surface area contributed by atoms with Crippen LogP contribution in [0.3, 0.4) is 0 Å². The molecule has 1 nitrogen and oxygen atoms in total. The van der Waals surface area contributed by atoms with Crippen molar-refractivity contribution in [3.63, 3.8) is 0 Å². The van der Waals surface area contributed by atoms with Gasteiger partial charge in [0.1, 0.15) is 0 Å². The maximum atomic E-state index is 6.46. The molecule has 3 atom stereocenters. The average molecular weight is 271 g/mol. The van der Waals surface area contributed by atoms with Crippen molar-refractivity contribution in [2.24, 2.45) is 11.8 Å². The third kappa shape index (κ3) is 5.88. The monoisotopic (exact) mass is 270 g/mol. The summed E-state index contributed by atoms with van der Waals surface area (Å²) >= 11 is 0. The SMILES string of the molecule is CCCCC1CC(CCCC)C(O[Si](C)(C)C)C1. The minimum atomic E-state index is -1.36. The molecular formula is C16H34OSi. The molecule has 0 aromatic rings. The van der Waals surface area contributed by atoms with Crippen LogP contribution in [0.15, 0.2) is 0 Å². The molecular weight excluding hydrogens is 236 g/mol. The molecule has 3 unspecified atom stereocenters. The molecule has 108 valence electrons. The first-order chi connectivity index (χ1) is 8.46. The van der Waals surface area contributed by atoms with Crippen LogP contribution in [-0.2, 0) is 4.43 Å². The maximum absolute atomic E-state index is 6.46. The van der Waals surface area contributed by atoms with Crippen LogP contribution in [-0.4, -0.2) is 14.4 Å². The van der Waals surface area contributed by atoms with Crippen molar-refractivity contribution in [3.8, 4) is 0 Å². The van der Waals surface area contributed by atoms with E-state index in [1.807, 2.05) is 0 Å². The van der Waals surface area contributed by atoms with Gasteiger partial charge < -0.3 is 4.43 Å². The van der Waals surface area contributed by atoms with Crippen molar-refractivity contribution in [2.45, 2.75) is 91.0 Å². The van der Waals surface area contributed by atoms with Crippen LogP contribution in [0.4, 0.5) is 0 Å². The zero-order valence-electron chi connectivity index (χ0n) is 13.3. The molecule has 2 heteroatoms. The fourth-order valence-corrected chi connectivity index (χ4v) is 4.49. The molecule has 1 rings (SSSR count). The van der Waals surface area contributed by atoms with Gasteiger partial charge >= 0.3 is 0 Å². The summed E-state index contributed by atoms with van der Waals surface area (Å²) in [5.41, 5.74) is 0. The first-order valence-electron chi connectivity index (χ1n) is 8.14. The molecule has 0 amide bonds. The van der Waals surface area contributed by atoms with Gasteiger partial charge in [0.05, 0.1) is 0 Å². The second-order valence-corrected chi connectivity index (χ2v) is 11.6. The van der Waals surface area contributed by atoms with E-state index < -0.39 is 8.32 Å². The highest BCUT2D eigenvalue weighted by molar-refractivity contribution is 6.69. The number of unbranched alkanes of at least 4 members (excludes halogenated alkanes) is 2. The number of rotatable bonds is 8. The lowest BCUT2D eigenvalue weighted by Gasteiger charge is -2.27. The van der Waals surface area contributed by atoms with E-state index in [1.54, 1.807) is 0 Å². The van der Waals surface area contributed by atoms with Crippen molar-refractivity contribution in [1.29, 1.82) is 0 Å². The van der Waals surface area contributed by atoms with Gasteiger partial charge in [-0.05, 0) is 50.7 Å². The molecule has 0 aromatic carbocycles. The fraction of sp³-hybridized carbons (Fsp3) is 1.00. The van der Waals surface area contributed by atoms with Gasteiger partial charge in [-0.2, -0.15) is 0 Å². The van der Waals surface area contributed by atoms with Gasteiger partial charge in [0.15, 0.2) is 8.32 Å².